The summed E-state index contributed by atoms with van der Waals surface area (Å²) in [6.07, 6.45) is 1.70. The summed E-state index contributed by atoms with van der Waals surface area (Å²) < 4.78 is 13.7. The average Bonchev–Trinajstić information content (AvgIpc) is 2.42. The SMILES string of the molecule is CN(Cc1ccccn1)Cc1cc(C(=O)O)ccc1F. The van der Waals surface area contributed by atoms with E-state index in [-0.39, 0.29) is 5.56 Å². The van der Waals surface area contributed by atoms with E-state index in [0.717, 1.165) is 5.69 Å². The van der Waals surface area contributed by atoms with E-state index in [1.54, 1.807) is 6.20 Å². The van der Waals surface area contributed by atoms with Crippen LogP contribution in [0.1, 0.15) is 21.6 Å². The fraction of sp³-hybridized carbons (Fsp3) is 0.200. The Labute approximate surface area is 116 Å². The van der Waals surface area contributed by atoms with Gasteiger partial charge in [-0.25, -0.2) is 9.18 Å². The van der Waals surface area contributed by atoms with Gasteiger partial charge in [-0.05, 0) is 37.4 Å². The quantitative estimate of drug-likeness (QED) is 0.910. The average molecular weight is 274 g/mol. The molecule has 0 aliphatic carbocycles. The predicted molar refractivity (Wildman–Crippen MR) is 72.8 cm³/mol. The minimum Gasteiger partial charge on any atom is -0.478 e. The maximum absolute atomic E-state index is 13.7. The van der Waals surface area contributed by atoms with Crippen molar-refractivity contribution >= 4 is 5.97 Å². The molecular weight excluding hydrogens is 259 g/mol. The number of rotatable bonds is 5. The smallest absolute Gasteiger partial charge is 0.335 e. The Morgan fingerprint density at radius 3 is 2.75 bits per heavy atom. The van der Waals surface area contributed by atoms with Gasteiger partial charge >= 0.3 is 5.97 Å². The summed E-state index contributed by atoms with van der Waals surface area (Å²) in [5.41, 5.74) is 1.33. The molecule has 0 amide bonds. The van der Waals surface area contributed by atoms with Crippen molar-refractivity contribution in [1.82, 2.24) is 9.88 Å². The van der Waals surface area contributed by atoms with Gasteiger partial charge in [0, 0.05) is 24.8 Å². The Balaban J connectivity index is 2.09. The molecule has 1 aromatic carbocycles. The number of aromatic carboxylic acids is 1. The lowest BCUT2D eigenvalue weighted by Crippen LogP contribution is -2.19. The number of aromatic nitrogens is 1. The van der Waals surface area contributed by atoms with E-state index >= 15 is 0 Å². The first-order chi connectivity index (χ1) is 9.56. The summed E-state index contributed by atoms with van der Waals surface area (Å²) >= 11 is 0. The monoisotopic (exact) mass is 274 g/mol. The largest absolute Gasteiger partial charge is 0.478 e. The standard InChI is InChI=1S/C15H15FN2O2/c1-18(10-13-4-2-3-7-17-13)9-12-8-11(15(19)20)5-6-14(12)16/h2-8H,9-10H2,1H3,(H,19,20). The molecular formula is C15H15FN2O2. The van der Waals surface area contributed by atoms with Crippen LogP contribution >= 0.6 is 0 Å². The summed E-state index contributed by atoms with van der Waals surface area (Å²) in [5, 5.41) is 8.92. The van der Waals surface area contributed by atoms with Crippen molar-refractivity contribution in [3.63, 3.8) is 0 Å². The normalized spacial score (nSPS) is 10.8. The second kappa shape index (κ2) is 6.25. The third-order valence-electron chi connectivity index (χ3n) is 2.89. The summed E-state index contributed by atoms with van der Waals surface area (Å²) in [6.45, 7) is 0.890. The molecule has 4 nitrogen and oxygen atoms in total. The van der Waals surface area contributed by atoms with Crippen LogP contribution in [0.4, 0.5) is 4.39 Å². The topological polar surface area (TPSA) is 53.4 Å². The maximum atomic E-state index is 13.7. The van der Waals surface area contributed by atoms with E-state index in [1.165, 1.54) is 18.2 Å². The number of carboxylic acids is 1. The van der Waals surface area contributed by atoms with Crippen molar-refractivity contribution in [2.75, 3.05) is 7.05 Å². The second-order valence-electron chi connectivity index (χ2n) is 4.60. The first kappa shape index (κ1) is 14.1. The van der Waals surface area contributed by atoms with Crippen LogP contribution in [0.5, 0.6) is 0 Å². The van der Waals surface area contributed by atoms with Gasteiger partial charge in [0.1, 0.15) is 5.82 Å². The fourth-order valence-electron chi connectivity index (χ4n) is 1.94. The molecule has 5 heteroatoms. The molecule has 0 aliphatic rings. The highest BCUT2D eigenvalue weighted by Crippen LogP contribution is 2.14. The third-order valence-corrected chi connectivity index (χ3v) is 2.89. The molecule has 20 heavy (non-hydrogen) atoms. The van der Waals surface area contributed by atoms with Crippen LogP contribution in [0.3, 0.4) is 0 Å². The molecule has 0 unspecified atom stereocenters. The van der Waals surface area contributed by atoms with Crippen molar-refractivity contribution in [3.05, 3.63) is 65.2 Å². The molecule has 2 rings (SSSR count). The molecule has 1 N–H and O–H groups in total. The Morgan fingerprint density at radius 1 is 1.30 bits per heavy atom. The number of pyridine rings is 1. The summed E-state index contributed by atoms with van der Waals surface area (Å²) in [4.78, 5) is 17.0. The molecule has 104 valence electrons. The zero-order valence-electron chi connectivity index (χ0n) is 11.1. The lowest BCUT2D eigenvalue weighted by molar-refractivity contribution is 0.0696. The Hall–Kier alpha value is -2.27. The van der Waals surface area contributed by atoms with Crippen LogP contribution in [-0.2, 0) is 13.1 Å². The van der Waals surface area contributed by atoms with E-state index in [9.17, 15) is 9.18 Å². The van der Waals surface area contributed by atoms with Crippen LogP contribution in [-0.4, -0.2) is 28.0 Å². The van der Waals surface area contributed by atoms with Crippen molar-refractivity contribution in [2.24, 2.45) is 0 Å². The minimum atomic E-state index is -1.06. The first-order valence-corrected chi connectivity index (χ1v) is 6.16. The number of halogens is 1. The fourth-order valence-corrected chi connectivity index (χ4v) is 1.94. The number of hydrogen-bond acceptors (Lipinski definition) is 3. The van der Waals surface area contributed by atoms with Crippen molar-refractivity contribution in [2.45, 2.75) is 13.1 Å². The molecule has 0 atom stereocenters. The van der Waals surface area contributed by atoms with Gasteiger partial charge in [0.25, 0.3) is 0 Å². The summed E-state index contributed by atoms with van der Waals surface area (Å²) in [7, 11) is 1.83. The molecule has 0 saturated carbocycles. The van der Waals surface area contributed by atoms with E-state index in [1.807, 2.05) is 30.1 Å². The first-order valence-electron chi connectivity index (χ1n) is 6.16. The van der Waals surface area contributed by atoms with Gasteiger partial charge in [0.2, 0.25) is 0 Å². The van der Waals surface area contributed by atoms with Crippen LogP contribution in [0.15, 0.2) is 42.6 Å². The van der Waals surface area contributed by atoms with Gasteiger partial charge in [-0.3, -0.25) is 9.88 Å². The van der Waals surface area contributed by atoms with Gasteiger partial charge < -0.3 is 5.11 Å². The Bertz CT molecular complexity index is 602. The van der Waals surface area contributed by atoms with Crippen LogP contribution in [0, 0.1) is 5.82 Å². The van der Waals surface area contributed by atoms with Crippen LogP contribution < -0.4 is 0 Å². The van der Waals surface area contributed by atoms with Crippen LogP contribution in [0.2, 0.25) is 0 Å². The van der Waals surface area contributed by atoms with Gasteiger partial charge in [-0.2, -0.15) is 0 Å². The number of benzene rings is 1. The molecule has 0 spiro atoms. The van der Waals surface area contributed by atoms with Gasteiger partial charge in [-0.1, -0.05) is 6.07 Å². The molecule has 1 heterocycles. The van der Waals surface area contributed by atoms with Crippen molar-refractivity contribution in [3.8, 4) is 0 Å². The van der Waals surface area contributed by atoms with E-state index in [0.29, 0.717) is 18.7 Å². The minimum absolute atomic E-state index is 0.0904. The van der Waals surface area contributed by atoms with Crippen molar-refractivity contribution in [1.29, 1.82) is 0 Å². The number of carboxylic acid groups (broad SMARTS) is 1. The molecule has 2 aromatic rings. The molecule has 0 fully saturated rings. The Kier molecular flexibility index (Phi) is 4.42. The molecule has 0 radical (unpaired) electrons. The van der Waals surface area contributed by atoms with Crippen molar-refractivity contribution < 1.29 is 14.3 Å². The molecule has 0 saturated heterocycles. The highest BCUT2D eigenvalue weighted by Gasteiger charge is 2.10. The summed E-state index contributed by atoms with van der Waals surface area (Å²) in [6, 6.07) is 9.43. The third kappa shape index (κ3) is 3.61. The molecule has 1 aromatic heterocycles. The maximum Gasteiger partial charge on any atom is 0.335 e. The number of carbonyl (C=O) groups is 1. The zero-order valence-corrected chi connectivity index (χ0v) is 11.1. The number of nitrogens with zero attached hydrogens (tertiary/aromatic N) is 2. The highest BCUT2D eigenvalue weighted by atomic mass is 19.1. The molecule has 0 aliphatic heterocycles. The second-order valence-corrected chi connectivity index (χ2v) is 4.60. The van der Waals surface area contributed by atoms with Gasteiger partial charge in [0.15, 0.2) is 0 Å². The summed E-state index contributed by atoms with van der Waals surface area (Å²) in [5.74, 6) is -1.46. The zero-order chi connectivity index (χ0) is 14.5. The van der Waals surface area contributed by atoms with E-state index in [4.69, 9.17) is 5.11 Å². The molecule has 0 bridgehead atoms. The highest BCUT2D eigenvalue weighted by molar-refractivity contribution is 5.87. The number of hydrogen-bond donors (Lipinski definition) is 1. The van der Waals surface area contributed by atoms with Gasteiger partial charge in [-0.15, -0.1) is 0 Å². The van der Waals surface area contributed by atoms with E-state index < -0.39 is 11.8 Å². The predicted octanol–water partition coefficient (Wildman–Crippen LogP) is 2.55. The van der Waals surface area contributed by atoms with Crippen LogP contribution in [0.25, 0.3) is 0 Å². The lowest BCUT2D eigenvalue weighted by atomic mass is 10.1. The van der Waals surface area contributed by atoms with Gasteiger partial charge in [0.05, 0.1) is 11.3 Å². The van der Waals surface area contributed by atoms with E-state index in [2.05, 4.69) is 4.98 Å². The Morgan fingerprint density at radius 2 is 2.10 bits per heavy atom. The lowest BCUT2D eigenvalue weighted by Gasteiger charge is -2.17.